The lowest BCUT2D eigenvalue weighted by Crippen LogP contribution is -2.47. The number of nitrogens with two attached hydrogens (primary N) is 1. The van der Waals surface area contributed by atoms with Crippen molar-refractivity contribution in [3.8, 4) is 5.75 Å². The zero-order valence-electron chi connectivity index (χ0n) is 28.1. The Labute approximate surface area is 302 Å². The van der Waals surface area contributed by atoms with Crippen LogP contribution in [0.4, 0.5) is 17.3 Å². The summed E-state index contributed by atoms with van der Waals surface area (Å²) in [6.45, 7) is -0.895. The second-order valence-corrected chi connectivity index (χ2v) is 13.6. The Morgan fingerprint density at radius 3 is 2.54 bits per heavy atom. The number of nitrogens with zero attached hydrogens (tertiary/aromatic N) is 3. The van der Waals surface area contributed by atoms with Crippen molar-refractivity contribution >= 4 is 43.0 Å². The van der Waals surface area contributed by atoms with Crippen LogP contribution in [0.3, 0.4) is 0 Å². The Bertz CT molecular complexity index is 2150. The molecule has 12 N–H and O–H groups in total. The summed E-state index contributed by atoms with van der Waals surface area (Å²) < 4.78 is 23.4. The maximum absolute atomic E-state index is 13.3. The molecule has 4 heterocycles. The summed E-state index contributed by atoms with van der Waals surface area (Å²) in [7, 11) is -5.24. The number of phosphoric ester groups is 1. The van der Waals surface area contributed by atoms with Crippen molar-refractivity contribution in [2.75, 3.05) is 29.1 Å². The normalized spacial score (nSPS) is 20.2. The molecule has 3 aromatic rings. The minimum Gasteiger partial charge on any atom is -0.481 e. The summed E-state index contributed by atoms with van der Waals surface area (Å²) in [6, 6.07) is 1.09. The zero-order valence-corrected chi connectivity index (χ0v) is 29.0. The number of aliphatic hydroxyl groups is 2. The number of rotatable bonds is 15. The van der Waals surface area contributed by atoms with Crippen LogP contribution in [-0.2, 0) is 31.9 Å². The van der Waals surface area contributed by atoms with Crippen LogP contribution in [-0.4, -0.2) is 105 Å². The summed E-state index contributed by atoms with van der Waals surface area (Å²) in [4.78, 5) is 104. The molecule has 1 unspecified atom stereocenters. The zero-order chi connectivity index (χ0) is 39.5. The van der Waals surface area contributed by atoms with Gasteiger partial charge in [0.25, 0.3) is 17.0 Å². The Morgan fingerprint density at radius 2 is 1.89 bits per heavy atom. The van der Waals surface area contributed by atoms with Gasteiger partial charge in [-0.25, -0.2) is 19.1 Å². The molecule has 5 atom stereocenters. The van der Waals surface area contributed by atoms with Gasteiger partial charge >= 0.3 is 25.5 Å². The first-order valence-electron chi connectivity index (χ1n) is 16.3. The number of H-pyrrole nitrogens is 2. The summed E-state index contributed by atoms with van der Waals surface area (Å²) in [5.74, 6) is -4.48. The number of aromatic nitrogens is 4. The van der Waals surface area contributed by atoms with Crippen molar-refractivity contribution in [3.63, 3.8) is 0 Å². The van der Waals surface area contributed by atoms with E-state index < -0.39 is 98.2 Å². The number of hydrogen-bond donors (Lipinski definition) is 11. The minimum absolute atomic E-state index is 0.0156. The number of nitrogen functional groups attached to an aromatic ring is 1. The van der Waals surface area contributed by atoms with Crippen LogP contribution in [0.1, 0.15) is 53.5 Å². The van der Waals surface area contributed by atoms with E-state index in [1.54, 1.807) is 0 Å². The number of anilines is 3. The fraction of sp³-hybridized carbons (Fsp3) is 0.433. The molecule has 1 fully saturated rings. The molecule has 2 aromatic heterocycles. The molecule has 0 aliphatic carbocycles. The van der Waals surface area contributed by atoms with E-state index in [9.17, 15) is 58.4 Å². The van der Waals surface area contributed by atoms with Crippen LogP contribution < -0.4 is 42.6 Å². The van der Waals surface area contributed by atoms with Crippen molar-refractivity contribution < 1.29 is 58.4 Å². The van der Waals surface area contributed by atoms with Gasteiger partial charge in [0.1, 0.15) is 24.1 Å². The number of benzene rings is 1. The summed E-state index contributed by atoms with van der Waals surface area (Å²) in [5.41, 5.74) is 3.48. The number of aromatic amines is 2. The predicted molar refractivity (Wildman–Crippen MR) is 184 cm³/mol. The molecular weight excluding hydrogens is 743 g/mol. The predicted octanol–water partition coefficient (Wildman–Crippen LogP) is -2.20. The number of hydrogen-bond acceptors (Lipinski definition) is 15. The first-order valence-corrected chi connectivity index (χ1v) is 17.8. The van der Waals surface area contributed by atoms with Gasteiger partial charge in [-0.2, -0.15) is 0 Å². The first kappa shape index (κ1) is 39.6. The SMILES string of the molecule is Nc1nc2c(c(=O)[nH]1)N(Cc1cn([C@H]3C[C@H](O)[C@@H](CO)O3)c(=O)[nH]c1=O)C(CNc1ccc(C(=O)N[C@@H](CCC(=O)O)C(=O)O)cc1OP(=O)(O)O)CC2. The molecule has 1 amide bonds. The molecule has 2 aliphatic heterocycles. The number of carboxylic acid groups (broad SMARTS) is 2. The third-order valence-electron chi connectivity index (χ3n) is 8.74. The third-order valence-corrected chi connectivity index (χ3v) is 9.18. The molecular formula is C30H37N8O15P. The van der Waals surface area contributed by atoms with Crippen molar-refractivity contribution in [1.82, 2.24) is 24.8 Å². The number of fused-ring (bicyclic) bond motifs is 1. The monoisotopic (exact) mass is 780 g/mol. The van der Waals surface area contributed by atoms with Crippen molar-refractivity contribution in [1.29, 1.82) is 0 Å². The standard InChI is InChI=1S/C30H37N8O15P/c31-29-34-17-4-2-15(9-32-16-3-1-13(7-20(16)53-54(49,50)51)25(43)33-18(28(46)47)5-6-23(41)42)37(24(17)27(45)35-29)10-14-11-38(30(48)36-26(14)44)22-8-19(40)21(12-39)52-22/h1,3,7,11,15,18-19,21-22,32,39-40H,2,4-6,8-10,12H2,(H,33,43)(H,41,42)(H,46,47)(H,36,44,48)(H2,49,50,51)(H3,31,34,35,45)/t15?,18-,19-,21+,22+/m0/s1. The number of aryl methyl sites for hydroxylation is 1. The second kappa shape index (κ2) is 16.2. The van der Waals surface area contributed by atoms with Crippen molar-refractivity contribution in [3.05, 3.63) is 72.4 Å². The van der Waals surface area contributed by atoms with E-state index in [1.165, 1.54) is 23.2 Å². The number of ether oxygens (including phenoxy) is 1. The van der Waals surface area contributed by atoms with Gasteiger partial charge in [-0.3, -0.25) is 43.5 Å². The van der Waals surface area contributed by atoms with Crippen LogP contribution in [0.25, 0.3) is 0 Å². The molecule has 1 aromatic carbocycles. The van der Waals surface area contributed by atoms with Crippen LogP contribution in [0.2, 0.25) is 0 Å². The molecule has 0 bridgehead atoms. The summed E-state index contributed by atoms with van der Waals surface area (Å²) >= 11 is 0. The number of aliphatic hydroxyl groups excluding tert-OH is 2. The number of carboxylic acids is 2. The minimum atomic E-state index is -5.24. The third kappa shape index (κ3) is 9.31. The summed E-state index contributed by atoms with van der Waals surface area (Å²) in [6.07, 6.45) is -2.43. The molecule has 2 aliphatic rings. The molecule has 5 rings (SSSR count). The Kier molecular flexibility index (Phi) is 11.9. The highest BCUT2D eigenvalue weighted by Gasteiger charge is 2.36. The second-order valence-electron chi connectivity index (χ2n) is 12.5. The number of nitrogens with one attached hydrogen (secondary N) is 4. The first-order chi connectivity index (χ1) is 25.4. The van der Waals surface area contributed by atoms with Crippen LogP contribution >= 0.6 is 7.82 Å². The van der Waals surface area contributed by atoms with Crippen LogP contribution in [0, 0.1) is 0 Å². The number of phosphoric acid groups is 1. The lowest BCUT2D eigenvalue weighted by atomic mass is 9.99. The average Bonchev–Trinajstić information content (AvgIpc) is 3.46. The molecule has 54 heavy (non-hydrogen) atoms. The maximum Gasteiger partial charge on any atom is 0.524 e. The number of carbonyl (C=O) groups excluding carboxylic acids is 1. The van der Waals surface area contributed by atoms with Gasteiger partial charge in [0.15, 0.2) is 5.75 Å². The van der Waals surface area contributed by atoms with E-state index in [0.717, 1.165) is 10.6 Å². The van der Waals surface area contributed by atoms with Crippen molar-refractivity contribution in [2.45, 2.75) is 69.2 Å². The lowest BCUT2D eigenvalue weighted by molar-refractivity contribution is -0.140. The fourth-order valence-electron chi connectivity index (χ4n) is 6.16. The molecule has 23 nitrogen and oxygen atoms in total. The van der Waals surface area contributed by atoms with E-state index >= 15 is 0 Å². The fourth-order valence-corrected chi connectivity index (χ4v) is 6.57. The number of aliphatic carboxylic acids is 2. The largest absolute Gasteiger partial charge is 0.524 e. The van der Waals surface area contributed by atoms with Gasteiger partial charge in [-0.15, -0.1) is 0 Å². The Morgan fingerprint density at radius 1 is 1.15 bits per heavy atom. The van der Waals surface area contributed by atoms with Crippen molar-refractivity contribution in [2.24, 2.45) is 0 Å². The maximum atomic E-state index is 13.3. The lowest BCUT2D eigenvalue weighted by Gasteiger charge is -2.38. The van der Waals surface area contributed by atoms with Gasteiger partial charge in [-0.1, -0.05) is 0 Å². The molecule has 0 radical (unpaired) electrons. The van der Waals surface area contributed by atoms with E-state index in [2.05, 4.69) is 25.6 Å². The Balaban J connectivity index is 1.44. The molecule has 24 heteroatoms. The Hall–Kier alpha value is -5.58. The number of amides is 1. The molecule has 292 valence electrons. The van der Waals surface area contributed by atoms with Gasteiger partial charge in [0.2, 0.25) is 5.95 Å². The van der Waals surface area contributed by atoms with Gasteiger partial charge in [0.05, 0.1) is 36.2 Å². The topological polar surface area (TPSA) is 362 Å². The molecule has 0 saturated carbocycles. The molecule has 1 saturated heterocycles. The van der Waals surface area contributed by atoms with E-state index in [-0.39, 0.29) is 60.8 Å². The van der Waals surface area contributed by atoms with Gasteiger partial charge in [-0.05, 0) is 37.5 Å². The van der Waals surface area contributed by atoms with E-state index in [4.69, 9.17) is 20.1 Å². The average molecular weight is 781 g/mol. The van der Waals surface area contributed by atoms with E-state index in [1.807, 2.05) is 0 Å². The quantitative estimate of drug-likeness (QED) is 0.0729. The number of carbonyl (C=O) groups is 3. The van der Waals surface area contributed by atoms with Crippen LogP contribution in [0.5, 0.6) is 5.75 Å². The highest BCUT2D eigenvalue weighted by Crippen LogP contribution is 2.42. The molecule has 0 spiro atoms. The highest BCUT2D eigenvalue weighted by molar-refractivity contribution is 7.46. The van der Waals surface area contributed by atoms with Gasteiger partial charge < -0.3 is 51.0 Å². The van der Waals surface area contributed by atoms with Crippen LogP contribution in [0.15, 0.2) is 38.8 Å². The smallest absolute Gasteiger partial charge is 0.481 e. The highest BCUT2D eigenvalue weighted by atomic mass is 31.2. The summed E-state index contributed by atoms with van der Waals surface area (Å²) in [5, 5.41) is 43.1. The van der Waals surface area contributed by atoms with Gasteiger partial charge in [0, 0.05) is 37.2 Å². The van der Waals surface area contributed by atoms with E-state index in [0.29, 0.717) is 5.69 Å².